The molecule has 4 aromatic rings. The van der Waals surface area contributed by atoms with Crippen LogP contribution in [0.25, 0.3) is 0 Å². The molecule has 0 aromatic heterocycles. The predicted octanol–water partition coefficient (Wildman–Crippen LogP) is 3.79. The third-order valence-electron chi connectivity index (χ3n) is 15.1. The molecule has 5 unspecified atom stereocenters. The lowest BCUT2D eigenvalue weighted by Gasteiger charge is -2.43. The number of benzene rings is 4. The number of hydrogen-bond acceptors (Lipinski definition) is 12. The van der Waals surface area contributed by atoms with Crippen molar-refractivity contribution in [1.29, 1.82) is 0 Å². The van der Waals surface area contributed by atoms with Gasteiger partial charge in [-0.05, 0) is 134 Å². The molecule has 4 aliphatic rings. The highest BCUT2D eigenvalue weighted by atomic mass is 35.5. The average molecular weight is 1210 g/mol. The third kappa shape index (κ3) is 20.2. The summed E-state index contributed by atoms with van der Waals surface area (Å²) in [5, 5.41) is 23.4. The van der Waals surface area contributed by atoms with Gasteiger partial charge in [0.2, 0.25) is 38.3 Å². The second-order valence-electron chi connectivity index (χ2n) is 24.0. The fourth-order valence-electron chi connectivity index (χ4n) is 11.5. The Hall–Kier alpha value is -2.92. The van der Waals surface area contributed by atoms with E-state index >= 15 is 0 Å². The monoisotopic (exact) mass is 1210 g/mol. The molecular weight excluding hydrogens is 1120 g/mol. The number of hydrogen-bond donors (Lipinski definition) is 5. The Labute approximate surface area is 478 Å². The predicted molar refractivity (Wildman–Crippen MR) is 333 cm³/mol. The van der Waals surface area contributed by atoms with E-state index in [0.29, 0.717) is 11.7 Å². The van der Waals surface area contributed by atoms with Crippen LogP contribution in [0.1, 0.15) is 67.2 Å². The second kappa shape index (κ2) is 28.9. The minimum atomic E-state index is -3.44. The molecule has 23 heteroatoms. The highest BCUT2D eigenvalue weighted by Crippen LogP contribution is 2.38. The quantitative estimate of drug-likeness (QED) is 0.107. The van der Waals surface area contributed by atoms with Crippen LogP contribution in [0, 0.1) is 23.7 Å². The maximum atomic E-state index is 13.7. The van der Waals surface area contributed by atoms with E-state index < -0.39 is 56.5 Å². The summed E-state index contributed by atoms with van der Waals surface area (Å²) >= 11 is 0. The number of primary sulfonamides is 2. The molecule has 4 fully saturated rings. The van der Waals surface area contributed by atoms with Gasteiger partial charge >= 0.3 is 0 Å². The van der Waals surface area contributed by atoms with Gasteiger partial charge in [0.15, 0.2) is 0 Å². The summed E-state index contributed by atoms with van der Waals surface area (Å²) in [7, 11) is -12.2. The van der Waals surface area contributed by atoms with Crippen molar-refractivity contribution in [2.75, 3.05) is 96.5 Å². The van der Waals surface area contributed by atoms with Crippen LogP contribution in [0.2, 0.25) is 10.1 Å². The highest BCUT2D eigenvalue weighted by molar-refractivity contribution is 7.92. The first-order chi connectivity index (χ1) is 35.8. The Kier molecular flexibility index (Phi) is 25.0. The lowest BCUT2D eigenvalue weighted by Crippen LogP contribution is -2.75. The van der Waals surface area contributed by atoms with Crippen molar-refractivity contribution in [3.8, 4) is 0 Å². The summed E-state index contributed by atoms with van der Waals surface area (Å²) in [6, 6.07) is 41.1. The highest BCUT2D eigenvalue weighted by Gasteiger charge is 2.52. The summed E-state index contributed by atoms with van der Waals surface area (Å²) in [5.74, 6) is 1.95. The number of nitrogens with two attached hydrogens (primary N) is 3. The van der Waals surface area contributed by atoms with Crippen LogP contribution in [0.4, 0.5) is 0 Å². The number of nitrogens with one attached hydrogen (secondary N) is 2. The van der Waals surface area contributed by atoms with Crippen molar-refractivity contribution in [3.63, 3.8) is 0 Å². The number of rotatable bonds is 15. The molecule has 0 bridgehead atoms. The summed E-state index contributed by atoms with van der Waals surface area (Å²) in [5.41, 5.74) is 0. The van der Waals surface area contributed by atoms with Crippen LogP contribution in [-0.2, 0) is 40.0 Å². The molecular formula is C55H92ClN9O7S4Si2. The van der Waals surface area contributed by atoms with Gasteiger partial charge in [0.25, 0.3) is 8.24 Å². The standard InChI is InChI=1S/C22H33N3OSSi.C22H32N2O2SSi.C6H14N2O2S.C5H12N2O2S.ClH/c1-22(2,3)28(20-11-7-5-8-12-20,21-13-9-6-10-14-21)24-27(23,26)18-19-15-16-25(4)17-19;1-22(2,3)28(20-11-7-5-8-12-20,21-13-9-6-10-14-21)23-27(25,26)18-19-15-16-24(4)17-19;1-8-3-2-6(4-8)5-11(7,9)10;6-10(8,9)4-5-1-2-7-3-5;/h5-14,19H,15-18H2,1-4H3,(H2,23,24,26);5-14,19,23H,15-18H2,1-4H3;6H,2-5H2,1H3,(H2,7,9,10);5,7H,1-4H2,(H2,6,8,9);1H. The van der Waals surface area contributed by atoms with Gasteiger partial charge in [-0.3, -0.25) is 4.03 Å². The molecule has 4 aliphatic heterocycles. The van der Waals surface area contributed by atoms with Gasteiger partial charge in [-0.25, -0.2) is 49.3 Å². The van der Waals surface area contributed by atoms with E-state index in [2.05, 4.69) is 129 Å². The SMILES string of the molecule is CN1CCC(CS(=O)(=O)N[Si](c2ccccc2)(c2ccccc2)C(C)(C)C)C1.CN1CCC(CS(N)(=O)=N[Si](c2ccccc2)(c2ccccc2)C(C)(C)C)C1.CN1CCC(CS(N)(=O)=O)C1.Cl.NS(=O)(=O)CC1CCNC1. The van der Waals surface area contributed by atoms with E-state index in [0.717, 1.165) is 98.8 Å². The van der Waals surface area contributed by atoms with Crippen LogP contribution in [0.3, 0.4) is 0 Å². The molecule has 8 rings (SSSR count). The topological polar surface area (TPSA) is 244 Å². The molecule has 0 spiro atoms. The van der Waals surface area contributed by atoms with E-state index in [1.165, 1.54) is 0 Å². The molecule has 0 amide bonds. The number of likely N-dealkylation sites (tertiary alicyclic amines) is 3. The summed E-state index contributed by atoms with van der Waals surface area (Å²) in [4.78, 5) is 6.61. The fraction of sp³-hybridized carbons (Fsp3) is 0.564. The van der Waals surface area contributed by atoms with Crippen LogP contribution in [-0.4, -0.2) is 157 Å². The van der Waals surface area contributed by atoms with E-state index in [9.17, 15) is 29.5 Å². The van der Waals surface area contributed by atoms with Gasteiger partial charge < -0.3 is 20.0 Å². The second-order valence-corrected chi connectivity index (χ2v) is 40.4. The molecule has 78 heavy (non-hydrogen) atoms. The van der Waals surface area contributed by atoms with Crippen molar-refractivity contribution >= 4 is 89.6 Å². The lowest BCUT2D eigenvalue weighted by molar-refractivity contribution is 0.401. The van der Waals surface area contributed by atoms with Crippen molar-refractivity contribution in [2.45, 2.75) is 77.3 Å². The Morgan fingerprint density at radius 3 is 1.17 bits per heavy atom. The Bertz CT molecular complexity index is 2850. The van der Waals surface area contributed by atoms with E-state index in [1.54, 1.807) is 0 Å². The van der Waals surface area contributed by atoms with E-state index in [4.69, 9.17) is 19.4 Å². The molecule has 0 radical (unpaired) electrons. The molecule has 438 valence electrons. The first-order valence-electron chi connectivity index (χ1n) is 26.9. The Balaban J connectivity index is 0.000000245. The number of sulfonamides is 3. The maximum absolute atomic E-state index is 13.7. The van der Waals surface area contributed by atoms with Crippen molar-refractivity contribution in [2.24, 2.45) is 43.1 Å². The first kappa shape index (κ1) is 67.6. The molecule has 8 N–H and O–H groups in total. The smallest absolute Gasteiger partial charge is 0.261 e. The molecule has 0 aliphatic carbocycles. The molecule has 0 saturated carbocycles. The molecule has 4 aromatic carbocycles. The van der Waals surface area contributed by atoms with Crippen LogP contribution in [0.5, 0.6) is 0 Å². The Morgan fingerprint density at radius 1 is 0.513 bits per heavy atom. The zero-order valence-electron chi connectivity index (χ0n) is 47.6. The molecule has 4 saturated heterocycles. The van der Waals surface area contributed by atoms with Crippen LogP contribution < -0.4 is 45.9 Å². The van der Waals surface area contributed by atoms with E-state index in [1.807, 2.05) is 79.8 Å². The lowest BCUT2D eigenvalue weighted by atomic mass is 10.2. The minimum Gasteiger partial charge on any atom is -0.316 e. The van der Waals surface area contributed by atoms with Crippen LogP contribution >= 0.6 is 12.4 Å². The van der Waals surface area contributed by atoms with Gasteiger partial charge in [0, 0.05) is 25.4 Å². The number of nitrogens with zero attached hydrogens (tertiary/aromatic N) is 4. The van der Waals surface area contributed by atoms with Gasteiger partial charge in [-0.2, -0.15) is 0 Å². The van der Waals surface area contributed by atoms with Crippen molar-refractivity contribution in [1.82, 2.24) is 24.4 Å². The number of halogens is 1. The normalized spacial score (nSPS) is 21.6. The maximum Gasteiger partial charge on any atom is 0.261 e. The molecule has 5 atom stereocenters. The van der Waals surface area contributed by atoms with Crippen molar-refractivity contribution < 1.29 is 29.5 Å². The van der Waals surface area contributed by atoms with Gasteiger partial charge in [0.05, 0.1) is 27.2 Å². The largest absolute Gasteiger partial charge is 0.316 e. The summed E-state index contributed by atoms with van der Waals surface area (Å²) < 4.78 is 91.4. The van der Waals surface area contributed by atoms with Crippen LogP contribution in [0.15, 0.2) is 125 Å². The van der Waals surface area contributed by atoms with Crippen molar-refractivity contribution in [3.05, 3.63) is 121 Å². The Morgan fingerprint density at radius 2 is 0.859 bits per heavy atom. The van der Waals surface area contributed by atoms with Gasteiger partial charge in [-0.15, -0.1) is 12.4 Å². The zero-order chi connectivity index (χ0) is 56.9. The molecule has 16 nitrogen and oxygen atoms in total. The fourth-order valence-corrected chi connectivity index (χ4v) is 30.5. The average Bonchev–Trinajstić information content (AvgIpc) is 4.20. The first-order valence-corrected chi connectivity index (χ1v) is 37.7. The van der Waals surface area contributed by atoms with Gasteiger partial charge in [-0.1, -0.05) is 163 Å². The van der Waals surface area contributed by atoms with E-state index in [-0.39, 0.29) is 57.5 Å². The summed E-state index contributed by atoms with van der Waals surface area (Å²) in [6.07, 6.45) is 3.86. The summed E-state index contributed by atoms with van der Waals surface area (Å²) in [6.45, 7) is 20.5. The zero-order valence-corrected chi connectivity index (χ0v) is 53.7. The van der Waals surface area contributed by atoms with Gasteiger partial charge in [0.1, 0.15) is 0 Å². The third-order valence-corrected chi connectivity index (χ3v) is 32.8. The molecule has 4 heterocycles. The minimum absolute atomic E-state index is 0.